The van der Waals surface area contributed by atoms with Crippen molar-refractivity contribution in [3.63, 3.8) is 0 Å². The summed E-state index contributed by atoms with van der Waals surface area (Å²) in [6.45, 7) is 4.72. The third-order valence-corrected chi connectivity index (χ3v) is 2.38. The van der Waals surface area contributed by atoms with Gasteiger partial charge < -0.3 is 10.6 Å². The SMILES string of the molecule is CCNC(=O)CN(C)CC(=O)Nc1ccc(C)cn1. The Hall–Kier alpha value is -1.95. The second-order valence-corrected chi connectivity index (χ2v) is 4.39. The van der Waals surface area contributed by atoms with Gasteiger partial charge in [-0.2, -0.15) is 0 Å². The molecule has 0 fully saturated rings. The molecule has 1 heterocycles. The molecule has 104 valence electrons. The molecule has 0 spiro atoms. The standard InChI is InChI=1S/C13H20N4O2/c1-4-14-12(18)8-17(3)9-13(19)16-11-6-5-10(2)7-15-11/h5-7H,4,8-9H2,1-3H3,(H,14,18)(H,15,16,19). The number of rotatable bonds is 6. The molecule has 0 unspecified atom stereocenters. The number of aryl methyl sites for hydroxylation is 1. The smallest absolute Gasteiger partial charge is 0.239 e. The summed E-state index contributed by atoms with van der Waals surface area (Å²) in [5.41, 5.74) is 1.03. The zero-order valence-electron chi connectivity index (χ0n) is 11.6. The fourth-order valence-electron chi connectivity index (χ4n) is 1.52. The molecule has 6 heteroatoms. The van der Waals surface area contributed by atoms with E-state index in [1.807, 2.05) is 19.9 Å². The Balaban J connectivity index is 2.38. The van der Waals surface area contributed by atoms with Gasteiger partial charge in [-0.05, 0) is 32.5 Å². The first-order valence-corrected chi connectivity index (χ1v) is 6.19. The summed E-state index contributed by atoms with van der Waals surface area (Å²) >= 11 is 0. The molecule has 0 aliphatic carbocycles. The number of anilines is 1. The van der Waals surface area contributed by atoms with Gasteiger partial charge in [-0.1, -0.05) is 6.07 Å². The van der Waals surface area contributed by atoms with Crippen LogP contribution < -0.4 is 10.6 Å². The molecule has 0 saturated carbocycles. The molecule has 0 saturated heterocycles. The lowest BCUT2D eigenvalue weighted by atomic mass is 10.3. The molecule has 2 amide bonds. The van der Waals surface area contributed by atoms with E-state index in [0.29, 0.717) is 12.4 Å². The van der Waals surface area contributed by atoms with E-state index in [-0.39, 0.29) is 24.9 Å². The van der Waals surface area contributed by atoms with Gasteiger partial charge in [0.05, 0.1) is 13.1 Å². The predicted molar refractivity (Wildman–Crippen MR) is 73.8 cm³/mol. The van der Waals surface area contributed by atoms with Crippen LogP contribution in [-0.2, 0) is 9.59 Å². The van der Waals surface area contributed by atoms with Crippen LogP contribution >= 0.6 is 0 Å². The Morgan fingerprint density at radius 3 is 2.53 bits per heavy atom. The summed E-state index contributed by atoms with van der Waals surface area (Å²) in [4.78, 5) is 28.8. The van der Waals surface area contributed by atoms with Crippen molar-refractivity contribution in [1.29, 1.82) is 0 Å². The van der Waals surface area contributed by atoms with Crippen LogP contribution in [0.25, 0.3) is 0 Å². The van der Waals surface area contributed by atoms with Crippen LogP contribution in [0.2, 0.25) is 0 Å². The number of nitrogens with zero attached hydrogens (tertiary/aromatic N) is 2. The maximum absolute atomic E-state index is 11.7. The highest BCUT2D eigenvalue weighted by Gasteiger charge is 2.10. The van der Waals surface area contributed by atoms with Gasteiger partial charge in [0.2, 0.25) is 11.8 Å². The Morgan fingerprint density at radius 2 is 1.95 bits per heavy atom. The molecule has 0 aliphatic rings. The number of hydrogen-bond acceptors (Lipinski definition) is 4. The van der Waals surface area contributed by atoms with Crippen LogP contribution in [-0.4, -0.2) is 48.4 Å². The van der Waals surface area contributed by atoms with Gasteiger partial charge in [0.25, 0.3) is 0 Å². The molecule has 0 atom stereocenters. The molecule has 0 aromatic carbocycles. The van der Waals surface area contributed by atoms with Gasteiger partial charge >= 0.3 is 0 Å². The van der Waals surface area contributed by atoms with Crippen molar-refractivity contribution >= 4 is 17.6 Å². The quantitative estimate of drug-likeness (QED) is 0.780. The highest BCUT2D eigenvalue weighted by molar-refractivity contribution is 5.91. The second kappa shape index (κ2) is 7.48. The lowest BCUT2D eigenvalue weighted by Gasteiger charge is -2.15. The number of carbonyl (C=O) groups is 2. The van der Waals surface area contributed by atoms with Gasteiger partial charge in [-0.3, -0.25) is 14.5 Å². The van der Waals surface area contributed by atoms with E-state index >= 15 is 0 Å². The molecular formula is C13H20N4O2. The van der Waals surface area contributed by atoms with E-state index in [1.165, 1.54) is 0 Å². The molecule has 1 rings (SSSR count). The van der Waals surface area contributed by atoms with Crippen LogP contribution in [0.15, 0.2) is 18.3 Å². The lowest BCUT2D eigenvalue weighted by molar-refractivity contribution is -0.122. The second-order valence-electron chi connectivity index (χ2n) is 4.39. The van der Waals surface area contributed by atoms with Crippen molar-refractivity contribution in [3.8, 4) is 0 Å². The first-order chi connectivity index (χ1) is 9.01. The van der Waals surface area contributed by atoms with E-state index in [1.54, 1.807) is 24.2 Å². The van der Waals surface area contributed by atoms with Crippen molar-refractivity contribution in [2.24, 2.45) is 0 Å². The lowest BCUT2D eigenvalue weighted by Crippen LogP contribution is -2.38. The zero-order valence-corrected chi connectivity index (χ0v) is 11.6. The maximum atomic E-state index is 11.7. The van der Waals surface area contributed by atoms with E-state index in [4.69, 9.17) is 0 Å². The summed E-state index contributed by atoms with van der Waals surface area (Å²) in [7, 11) is 1.72. The minimum absolute atomic E-state index is 0.0914. The first kappa shape index (κ1) is 15.1. The number of amides is 2. The highest BCUT2D eigenvalue weighted by atomic mass is 16.2. The fourth-order valence-corrected chi connectivity index (χ4v) is 1.52. The monoisotopic (exact) mass is 264 g/mol. The van der Waals surface area contributed by atoms with Crippen molar-refractivity contribution in [3.05, 3.63) is 23.9 Å². The fraction of sp³-hybridized carbons (Fsp3) is 0.462. The minimum Gasteiger partial charge on any atom is -0.355 e. The number of likely N-dealkylation sites (N-methyl/N-ethyl adjacent to an activating group) is 2. The first-order valence-electron chi connectivity index (χ1n) is 6.19. The Morgan fingerprint density at radius 1 is 1.26 bits per heavy atom. The molecule has 0 radical (unpaired) electrons. The largest absolute Gasteiger partial charge is 0.355 e. The summed E-state index contributed by atoms with van der Waals surface area (Å²) in [5, 5.41) is 5.36. The molecule has 0 bridgehead atoms. The molecule has 0 aliphatic heterocycles. The molecular weight excluding hydrogens is 244 g/mol. The maximum Gasteiger partial charge on any atom is 0.239 e. The highest BCUT2D eigenvalue weighted by Crippen LogP contribution is 2.03. The third-order valence-electron chi connectivity index (χ3n) is 2.38. The van der Waals surface area contributed by atoms with E-state index in [9.17, 15) is 9.59 Å². The summed E-state index contributed by atoms with van der Waals surface area (Å²) in [6, 6.07) is 3.62. The Labute approximate surface area is 113 Å². The van der Waals surface area contributed by atoms with Crippen molar-refractivity contribution in [1.82, 2.24) is 15.2 Å². The predicted octanol–water partition coefficient (Wildman–Crippen LogP) is 0.396. The van der Waals surface area contributed by atoms with E-state index in [0.717, 1.165) is 5.56 Å². The van der Waals surface area contributed by atoms with Crippen LogP contribution in [0.1, 0.15) is 12.5 Å². The average Bonchev–Trinajstić information content (AvgIpc) is 2.32. The Kier molecular flexibility index (Phi) is 5.95. The minimum atomic E-state index is -0.192. The van der Waals surface area contributed by atoms with Crippen LogP contribution in [0.3, 0.4) is 0 Å². The van der Waals surface area contributed by atoms with Crippen LogP contribution in [0.4, 0.5) is 5.82 Å². The van der Waals surface area contributed by atoms with Crippen molar-refractivity contribution < 1.29 is 9.59 Å². The average molecular weight is 264 g/mol. The summed E-state index contributed by atoms with van der Waals surface area (Å²) in [5.74, 6) is 0.233. The van der Waals surface area contributed by atoms with Crippen LogP contribution in [0.5, 0.6) is 0 Å². The number of pyridine rings is 1. The molecule has 6 nitrogen and oxygen atoms in total. The Bertz CT molecular complexity index is 431. The molecule has 1 aromatic rings. The number of hydrogen-bond donors (Lipinski definition) is 2. The summed E-state index contributed by atoms with van der Waals surface area (Å²) < 4.78 is 0. The van der Waals surface area contributed by atoms with Crippen molar-refractivity contribution in [2.45, 2.75) is 13.8 Å². The third kappa shape index (κ3) is 5.96. The summed E-state index contributed by atoms with van der Waals surface area (Å²) in [6.07, 6.45) is 1.69. The molecule has 1 aromatic heterocycles. The van der Waals surface area contributed by atoms with E-state index < -0.39 is 0 Å². The number of nitrogens with one attached hydrogen (secondary N) is 2. The van der Waals surface area contributed by atoms with Gasteiger partial charge in [-0.15, -0.1) is 0 Å². The van der Waals surface area contributed by atoms with Gasteiger partial charge in [0, 0.05) is 12.7 Å². The van der Waals surface area contributed by atoms with Crippen LogP contribution in [0, 0.1) is 6.92 Å². The zero-order chi connectivity index (χ0) is 14.3. The van der Waals surface area contributed by atoms with Gasteiger partial charge in [-0.25, -0.2) is 4.98 Å². The topological polar surface area (TPSA) is 74.3 Å². The van der Waals surface area contributed by atoms with Gasteiger partial charge in [0.15, 0.2) is 0 Å². The van der Waals surface area contributed by atoms with Crippen molar-refractivity contribution in [2.75, 3.05) is 32.0 Å². The number of aromatic nitrogens is 1. The molecule has 2 N–H and O–H groups in total. The van der Waals surface area contributed by atoms with Gasteiger partial charge in [0.1, 0.15) is 5.82 Å². The normalized spacial score (nSPS) is 10.3. The molecule has 19 heavy (non-hydrogen) atoms. The number of carbonyl (C=O) groups excluding carboxylic acids is 2. The van der Waals surface area contributed by atoms with E-state index in [2.05, 4.69) is 15.6 Å².